The lowest BCUT2D eigenvalue weighted by Crippen LogP contribution is -2.42. The van der Waals surface area contributed by atoms with Crippen molar-refractivity contribution in [3.63, 3.8) is 0 Å². The van der Waals surface area contributed by atoms with E-state index in [0.29, 0.717) is 24.8 Å². The lowest BCUT2D eigenvalue weighted by molar-refractivity contribution is 0.197. The van der Waals surface area contributed by atoms with Crippen molar-refractivity contribution in [3.8, 4) is 5.75 Å². The monoisotopic (exact) mass is 392 g/mol. The van der Waals surface area contributed by atoms with Gasteiger partial charge in [0.05, 0.1) is 6.61 Å². The number of likely N-dealkylation sites (tertiary alicyclic amines) is 1. The molecule has 4 rings (SSSR count). The maximum atomic E-state index is 12.5. The molecule has 6 nitrogen and oxygen atoms in total. The van der Waals surface area contributed by atoms with E-state index in [1.807, 2.05) is 17.0 Å². The van der Waals surface area contributed by atoms with Crippen LogP contribution in [-0.4, -0.2) is 40.8 Å². The Kier molecular flexibility index (Phi) is 6.08. The summed E-state index contributed by atoms with van der Waals surface area (Å²) in [5, 5.41) is 10.5. The molecule has 0 bridgehead atoms. The molecule has 0 spiro atoms. The minimum atomic E-state index is -0.123. The third kappa shape index (κ3) is 5.56. The van der Waals surface area contributed by atoms with Crippen molar-refractivity contribution < 1.29 is 9.53 Å². The van der Waals surface area contributed by atoms with Crippen LogP contribution in [0.15, 0.2) is 48.2 Å². The minimum Gasteiger partial charge on any atom is -0.494 e. The number of hydrogen-bond donors (Lipinski definition) is 1. The molecule has 6 heteroatoms. The molecule has 152 valence electrons. The van der Waals surface area contributed by atoms with Gasteiger partial charge in [0.2, 0.25) is 0 Å². The van der Waals surface area contributed by atoms with Crippen LogP contribution in [0, 0.1) is 11.8 Å². The Labute approximate surface area is 172 Å². The van der Waals surface area contributed by atoms with Crippen LogP contribution in [0.3, 0.4) is 0 Å². The highest BCUT2D eigenvalue weighted by Crippen LogP contribution is 2.32. The molecule has 1 aromatic heterocycles. The summed E-state index contributed by atoms with van der Waals surface area (Å²) >= 11 is 0. The standard InChI is InChI=1S/C23H28N4O2/c1-17-16-27(23(28)25-22-6-3-11-24-26-22)12-9-20(17)14-19-4-2-5-21(15-19)29-13-10-18-7-8-18/h2-6,11,14-15,17-18H,7-10,12-13,16H2,1H3,(H,25,26,28)/b20-14+. The molecule has 1 saturated heterocycles. The number of anilines is 1. The van der Waals surface area contributed by atoms with Gasteiger partial charge in [-0.25, -0.2) is 4.79 Å². The predicted molar refractivity (Wildman–Crippen MR) is 114 cm³/mol. The molecule has 1 aromatic carbocycles. The number of carbonyl (C=O) groups is 1. The van der Waals surface area contributed by atoms with E-state index < -0.39 is 0 Å². The first-order valence-corrected chi connectivity index (χ1v) is 10.4. The van der Waals surface area contributed by atoms with Gasteiger partial charge in [-0.15, -0.1) is 5.10 Å². The summed E-state index contributed by atoms with van der Waals surface area (Å²) in [4.78, 5) is 14.3. The van der Waals surface area contributed by atoms with E-state index in [4.69, 9.17) is 4.74 Å². The number of carbonyl (C=O) groups excluding carboxylic acids is 1. The molecule has 1 aliphatic heterocycles. The summed E-state index contributed by atoms with van der Waals surface area (Å²) in [5.74, 6) is 2.60. The number of hydrogen-bond acceptors (Lipinski definition) is 4. The number of piperidine rings is 1. The van der Waals surface area contributed by atoms with E-state index in [9.17, 15) is 4.79 Å². The number of ether oxygens (including phenoxy) is 1. The van der Waals surface area contributed by atoms with Crippen molar-refractivity contribution in [1.29, 1.82) is 0 Å². The average Bonchev–Trinajstić information content (AvgIpc) is 3.55. The fraction of sp³-hybridized carbons (Fsp3) is 0.435. The Bertz CT molecular complexity index is 864. The van der Waals surface area contributed by atoms with E-state index >= 15 is 0 Å². The lowest BCUT2D eigenvalue weighted by Gasteiger charge is -2.33. The van der Waals surface area contributed by atoms with Gasteiger partial charge in [-0.1, -0.05) is 43.5 Å². The van der Waals surface area contributed by atoms with Gasteiger partial charge < -0.3 is 9.64 Å². The molecule has 1 unspecified atom stereocenters. The number of aromatic nitrogens is 2. The number of nitrogens with zero attached hydrogens (tertiary/aromatic N) is 3. The van der Waals surface area contributed by atoms with E-state index in [-0.39, 0.29) is 6.03 Å². The molecule has 1 aliphatic carbocycles. The van der Waals surface area contributed by atoms with Gasteiger partial charge in [0.1, 0.15) is 5.75 Å². The molecule has 2 aliphatic rings. The van der Waals surface area contributed by atoms with Crippen molar-refractivity contribution in [2.75, 3.05) is 25.0 Å². The largest absolute Gasteiger partial charge is 0.494 e. The fourth-order valence-electron chi connectivity index (χ4n) is 3.66. The molecule has 2 fully saturated rings. The summed E-state index contributed by atoms with van der Waals surface area (Å²) in [5.41, 5.74) is 2.52. The Morgan fingerprint density at radius 2 is 2.21 bits per heavy atom. The molecule has 2 aromatic rings. The molecule has 2 amide bonds. The van der Waals surface area contributed by atoms with Crippen molar-refractivity contribution in [1.82, 2.24) is 15.1 Å². The van der Waals surface area contributed by atoms with Crippen LogP contribution in [0.5, 0.6) is 5.75 Å². The number of amides is 2. The van der Waals surface area contributed by atoms with Crippen LogP contribution >= 0.6 is 0 Å². The predicted octanol–water partition coefficient (Wildman–Crippen LogP) is 4.61. The molecule has 1 N–H and O–H groups in total. The lowest BCUT2D eigenvalue weighted by atomic mass is 9.91. The van der Waals surface area contributed by atoms with Gasteiger partial charge in [-0.3, -0.25) is 5.32 Å². The summed E-state index contributed by atoms with van der Waals surface area (Å²) in [7, 11) is 0. The molecule has 1 saturated carbocycles. The third-order valence-corrected chi connectivity index (χ3v) is 5.59. The van der Waals surface area contributed by atoms with Crippen LogP contribution in [0.1, 0.15) is 38.2 Å². The third-order valence-electron chi connectivity index (χ3n) is 5.59. The summed E-state index contributed by atoms with van der Waals surface area (Å²) in [6, 6.07) is 11.7. The molecular formula is C23H28N4O2. The van der Waals surface area contributed by atoms with E-state index in [1.54, 1.807) is 18.3 Å². The highest BCUT2D eigenvalue weighted by molar-refractivity contribution is 5.88. The summed E-state index contributed by atoms with van der Waals surface area (Å²) < 4.78 is 5.92. The van der Waals surface area contributed by atoms with Crippen LogP contribution in [0.25, 0.3) is 6.08 Å². The molecule has 1 atom stereocenters. The molecule has 0 radical (unpaired) electrons. The van der Waals surface area contributed by atoms with E-state index in [1.165, 1.54) is 18.4 Å². The minimum absolute atomic E-state index is 0.123. The highest BCUT2D eigenvalue weighted by Gasteiger charge is 2.24. The Balaban J connectivity index is 1.33. The first kappa shape index (κ1) is 19.4. The van der Waals surface area contributed by atoms with Crippen LogP contribution in [-0.2, 0) is 0 Å². The van der Waals surface area contributed by atoms with Crippen molar-refractivity contribution >= 4 is 17.9 Å². The van der Waals surface area contributed by atoms with Crippen LogP contribution in [0.2, 0.25) is 0 Å². The Morgan fingerprint density at radius 3 is 2.97 bits per heavy atom. The van der Waals surface area contributed by atoms with E-state index in [0.717, 1.165) is 36.7 Å². The summed E-state index contributed by atoms with van der Waals surface area (Å²) in [6.07, 6.45) is 8.58. The van der Waals surface area contributed by atoms with Crippen molar-refractivity contribution in [2.45, 2.75) is 32.6 Å². The average molecular weight is 393 g/mol. The SMILES string of the molecule is CC1CN(C(=O)Nc2cccnn2)CC/C1=C\c1cccc(OCCC2CC2)c1. The Morgan fingerprint density at radius 1 is 1.31 bits per heavy atom. The molecule has 29 heavy (non-hydrogen) atoms. The maximum Gasteiger partial charge on any atom is 0.323 e. The zero-order valence-electron chi connectivity index (χ0n) is 16.9. The van der Waals surface area contributed by atoms with Crippen molar-refractivity contribution in [3.05, 3.63) is 53.7 Å². The fourth-order valence-corrected chi connectivity index (χ4v) is 3.66. The van der Waals surface area contributed by atoms with Gasteiger partial charge in [0.25, 0.3) is 0 Å². The quantitative estimate of drug-likeness (QED) is 0.779. The van der Waals surface area contributed by atoms with Gasteiger partial charge in [0.15, 0.2) is 5.82 Å². The van der Waals surface area contributed by atoms with E-state index in [2.05, 4.69) is 40.6 Å². The first-order chi connectivity index (χ1) is 14.2. The zero-order valence-corrected chi connectivity index (χ0v) is 16.9. The smallest absolute Gasteiger partial charge is 0.323 e. The summed E-state index contributed by atoms with van der Waals surface area (Å²) in [6.45, 7) is 4.36. The topological polar surface area (TPSA) is 67.4 Å². The number of benzene rings is 1. The highest BCUT2D eigenvalue weighted by atomic mass is 16.5. The number of urea groups is 1. The first-order valence-electron chi connectivity index (χ1n) is 10.4. The molecular weight excluding hydrogens is 364 g/mol. The van der Waals surface area contributed by atoms with Gasteiger partial charge in [-0.05, 0) is 54.5 Å². The van der Waals surface area contributed by atoms with Gasteiger partial charge in [-0.2, -0.15) is 5.10 Å². The maximum absolute atomic E-state index is 12.5. The van der Waals surface area contributed by atoms with Gasteiger partial charge >= 0.3 is 6.03 Å². The van der Waals surface area contributed by atoms with Crippen molar-refractivity contribution in [2.24, 2.45) is 11.8 Å². The Hall–Kier alpha value is -2.89. The molecule has 2 heterocycles. The van der Waals surface area contributed by atoms with Crippen LogP contribution < -0.4 is 10.1 Å². The van der Waals surface area contributed by atoms with Gasteiger partial charge in [0, 0.05) is 19.3 Å². The second-order valence-electron chi connectivity index (χ2n) is 8.01. The number of rotatable bonds is 6. The normalized spacial score (nSPS) is 20.5. The van der Waals surface area contributed by atoms with Crippen LogP contribution in [0.4, 0.5) is 10.6 Å². The second kappa shape index (κ2) is 9.07. The second-order valence-corrected chi connectivity index (χ2v) is 8.01. The zero-order chi connectivity index (χ0) is 20.1. The number of nitrogens with one attached hydrogen (secondary N) is 1.